The van der Waals surface area contributed by atoms with Crippen LogP contribution in [0.5, 0.6) is 0 Å². The largest absolute Gasteiger partial charge is 0.397 e. The maximum atomic E-state index is 9.33. The van der Waals surface area contributed by atoms with Crippen molar-refractivity contribution in [1.29, 1.82) is 0 Å². The maximum Gasteiger partial charge on any atom is 0.397 e. The molecule has 70 valence electrons. The summed E-state index contributed by atoms with van der Waals surface area (Å²) in [5, 5.41) is 3.22. The molecule has 0 amide bonds. The van der Waals surface area contributed by atoms with E-state index in [0.717, 1.165) is 7.11 Å². The fraction of sp³-hybridized carbons (Fsp3) is 1.00. The number of rotatable bonds is 2. The highest BCUT2D eigenvalue weighted by Crippen LogP contribution is 1.79. The summed E-state index contributed by atoms with van der Waals surface area (Å²) in [7, 11) is -1.42. The molecule has 0 saturated carbocycles. The van der Waals surface area contributed by atoms with Crippen LogP contribution in [0.3, 0.4) is 0 Å². The number of thiol groups is 1. The zero-order valence-corrected chi connectivity index (χ0v) is 8.32. The van der Waals surface area contributed by atoms with Gasteiger partial charge in [-0.15, -0.1) is 0 Å². The van der Waals surface area contributed by atoms with Crippen LogP contribution in [0.2, 0.25) is 0 Å². The summed E-state index contributed by atoms with van der Waals surface area (Å²) in [6.07, 6.45) is 0. The Morgan fingerprint density at radius 1 is 1.64 bits per heavy atom. The molecule has 0 spiro atoms. The first-order valence-corrected chi connectivity index (χ1v) is 4.60. The van der Waals surface area contributed by atoms with E-state index in [4.69, 9.17) is 4.55 Å². The van der Waals surface area contributed by atoms with Gasteiger partial charge in [0.25, 0.3) is 0 Å². The van der Waals surface area contributed by atoms with E-state index < -0.39 is 10.4 Å². The van der Waals surface area contributed by atoms with Gasteiger partial charge in [-0.25, -0.2) is 0 Å². The molecule has 0 fully saturated rings. The second-order valence-electron chi connectivity index (χ2n) is 1.56. The highest BCUT2D eigenvalue weighted by molar-refractivity contribution is 7.81. The molecule has 0 saturated heterocycles. The lowest BCUT2D eigenvalue weighted by Crippen LogP contribution is -2.12. The van der Waals surface area contributed by atoms with E-state index in [0.29, 0.717) is 5.37 Å². The Labute approximate surface area is 72.5 Å². The molecule has 0 radical (unpaired) electrons. The lowest BCUT2D eigenvalue weighted by molar-refractivity contribution is 0.324. The van der Waals surface area contributed by atoms with Crippen LogP contribution in [0.1, 0.15) is 6.92 Å². The van der Waals surface area contributed by atoms with E-state index in [1.54, 1.807) is 0 Å². The minimum absolute atomic E-state index is 0.329. The van der Waals surface area contributed by atoms with Crippen molar-refractivity contribution >= 4 is 23.0 Å². The number of hydrogen-bond donors (Lipinski definition) is 3. The zero-order valence-electron chi connectivity index (χ0n) is 6.60. The van der Waals surface area contributed by atoms with Gasteiger partial charge in [-0.2, -0.15) is 21.0 Å². The fourth-order valence-corrected chi connectivity index (χ4v) is 0. The van der Waals surface area contributed by atoms with Crippen molar-refractivity contribution in [2.45, 2.75) is 12.3 Å². The van der Waals surface area contributed by atoms with Crippen molar-refractivity contribution in [1.82, 2.24) is 5.32 Å². The van der Waals surface area contributed by atoms with Crippen LogP contribution in [0, 0.1) is 0 Å². The van der Waals surface area contributed by atoms with Crippen LogP contribution in [0.25, 0.3) is 0 Å². The normalized spacial score (nSPS) is 13.2. The highest BCUT2D eigenvalue weighted by atomic mass is 32.3. The topological polar surface area (TPSA) is 75.6 Å². The maximum absolute atomic E-state index is 9.33. The van der Waals surface area contributed by atoms with E-state index in [9.17, 15) is 8.42 Å². The van der Waals surface area contributed by atoms with Crippen LogP contribution in [0.15, 0.2) is 0 Å². The molecule has 0 rings (SSSR count). The van der Waals surface area contributed by atoms with Gasteiger partial charge in [-0.05, 0) is 14.0 Å². The van der Waals surface area contributed by atoms with Crippen molar-refractivity contribution in [2.75, 3.05) is 14.2 Å². The third kappa shape index (κ3) is 25.4. The highest BCUT2D eigenvalue weighted by Gasteiger charge is 1.94. The number of nitrogens with one attached hydrogen (secondary N) is 1. The van der Waals surface area contributed by atoms with Gasteiger partial charge in [0, 0.05) is 5.37 Å². The van der Waals surface area contributed by atoms with Crippen molar-refractivity contribution < 1.29 is 17.2 Å². The number of hydrogen-bond acceptors (Lipinski definition) is 5. The standard InChI is InChI=1S/C3H9NS.CH4O4S/c1-3(5)4-2;1-5-6(2,3)4/h3-5H,1-2H3;1H3,(H,2,3,4). The molecular formula is C4H13NO4S2. The van der Waals surface area contributed by atoms with E-state index in [2.05, 4.69) is 22.1 Å². The van der Waals surface area contributed by atoms with Crippen LogP contribution in [-0.2, 0) is 14.6 Å². The van der Waals surface area contributed by atoms with E-state index >= 15 is 0 Å². The Bertz CT molecular complexity index is 165. The average molecular weight is 203 g/mol. The Morgan fingerprint density at radius 2 is 1.82 bits per heavy atom. The quantitative estimate of drug-likeness (QED) is 0.332. The molecule has 5 nitrogen and oxygen atoms in total. The molecule has 0 aromatic heterocycles. The van der Waals surface area contributed by atoms with Gasteiger partial charge in [0.2, 0.25) is 0 Å². The Hall–Kier alpha value is 0.180. The SMILES string of the molecule is CNC(C)S.COS(=O)(=O)O. The first kappa shape index (κ1) is 13.7. The molecule has 0 aromatic carbocycles. The van der Waals surface area contributed by atoms with Crippen LogP contribution in [0.4, 0.5) is 0 Å². The summed E-state index contributed by atoms with van der Waals surface area (Å²) in [5.41, 5.74) is 0. The predicted octanol–water partition coefficient (Wildman–Crippen LogP) is -0.0828. The zero-order chi connectivity index (χ0) is 9.49. The predicted molar refractivity (Wildman–Crippen MR) is 46.1 cm³/mol. The van der Waals surface area contributed by atoms with Gasteiger partial charge >= 0.3 is 10.4 Å². The second-order valence-corrected chi connectivity index (χ2v) is 3.52. The lowest BCUT2D eigenvalue weighted by Gasteiger charge is -1.94. The summed E-state index contributed by atoms with van der Waals surface area (Å²) in [5.74, 6) is 0. The minimum Gasteiger partial charge on any atom is -0.309 e. The van der Waals surface area contributed by atoms with Crippen molar-refractivity contribution in [3.8, 4) is 0 Å². The third-order valence-corrected chi connectivity index (χ3v) is 1.31. The molecule has 0 aliphatic rings. The molecule has 11 heavy (non-hydrogen) atoms. The molecule has 0 heterocycles. The fourth-order valence-electron chi connectivity index (χ4n) is 0. The van der Waals surface area contributed by atoms with Crippen LogP contribution in [-0.4, -0.2) is 32.5 Å². The minimum atomic E-state index is -4.16. The first-order valence-electron chi connectivity index (χ1n) is 2.72. The molecule has 2 N–H and O–H groups in total. The van der Waals surface area contributed by atoms with E-state index in [-0.39, 0.29) is 0 Å². The molecule has 0 bridgehead atoms. The van der Waals surface area contributed by atoms with Crippen molar-refractivity contribution in [3.05, 3.63) is 0 Å². The van der Waals surface area contributed by atoms with Gasteiger partial charge < -0.3 is 5.32 Å². The Morgan fingerprint density at radius 3 is 1.82 bits per heavy atom. The molecule has 1 unspecified atom stereocenters. The first-order chi connectivity index (χ1) is 4.83. The van der Waals surface area contributed by atoms with Gasteiger partial charge in [0.1, 0.15) is 0 Å². The Balaban J connectivity index is 0. The molecule has 0 aliphatic carbocycles. The summed E-state index contributed by atoms with van der Waals surface area (Å²) in [4.78, 5) is 0. The van der Waals surface area contributed by atoms with E-state index in [1.165, 1.54) is 0 Å². The monoisotopic (exact) mass is 203 g/mol. The molecular weight excluding hydrogens is 190 g/mol. The second kappa shape index (κ2) is 6.86. The van der Waals surface area contributed by atoms with Gasteiger partial charge in [-0.3, -0.25) is 8.74 Å². The summed E-state index contributed by atoms with van der Waals surface area (Å²) >= 11 is 3.99. The van der Waals surface area contributed by atoms with Gasteiger partial charge in [-0.1, -0.05) is 0 Å². The van der Waals surface area contributed by atoms with Crippen LogP contribution < -0.4 is 5.32 Å². The molecule has 1 atom stereocenters. The van der Waals surface area contributed by atoms with Gasteiger partial charge in [0.05, 0.1) is 7.11 Å². The molecule has 0 aliphatic heterocycles. The summed E-state index contributed by atoms with van der Waals surface area (Å²) in [6.45, 7) is 1.98. The Kier molecular flexibility index (Phi) is 8.58. The van der Waals surface area contributed by atoms with Crippen LogP contribution >= 0.6 is 12.6 Å². The lowest BCUT2D eigenvalue weighted by atomic mass is 10.8. The van der Waals surface area contributed by atoms with E-state index in [1.807, 2.05) is 14.0 Å². The van der Waals surface area contributed by atoms with Crippen molar-refractivity contribution in [3.63, 3.8) is 0 Å². The average Bonchev–Trinajstić information content (AvgIpc) is 1.88. The summed E-state index contributed by atoms with van der Waals surface area (Å²) < 4.78 is 29.7. The van der Waals surface area contributed by atoms with Crippen molar-refractivity contribution in [2.24, 2.45) is 0 Å². The molecule has 0 aromatic rings. The van der Waals surface area contributed by atoms with Gasteiger partial charge in [0.15, 0.2) is 0 Å². The molecule has 7 heteroatoms. The smallest absolute Gasteiger partial charge is 0.309 e. The third-order valence-electron chi connectivity index (χ3n) is 0.628. The summed E-state index contributed by atoms with van der Waals surface area (Å²) in [6, 6.07) is 0.